The number of hydrogen-bond donors (Lipinski definition) is 1. The molecule has 0 unspecified atom stereocenters. The molecule has 1 saturated heterocycles. The first-order chi connectivity index (χ1) is 9.97. The zero-order chi connectivity index (χ0) is 15.4. The third-order valence-electron chi connectivity index (χ3n) is 3.78. The summed E-state index contributed by atoms with van der Waals surface area (Å²) in [6.07, 6.45) is 4.59. The van der Waals surface area contributed by atoms with Crippen LogP contribution in [-0.2, 0) is 4.79 Å². The van der Waals surface area contributed by atoms with Crippen molar-refractivity contribution in [3.05, 3.63) is 28.0 Å². The van der Waals surface area contributed by atoms with Crippen LogP contribution in [0.3, 0.4) is 0 Å². The lowest BCUT2D eigenvalue weighted by Crippen LogP contribution is -2.44. The van der Waals surface area contributed by atoms with Gasteiger partial charge in [0.2, 0.25) is 0 Å². The molecule has 1 aliphatic heterocycles. The Bertz CT molecular complexity index is 545. The van der Waals surface area contributed by atoms with E-state index < -0.39 is 5.97 Å². The number of likely N-dealkylation sites (tertiary alicyclic amines) is 1. The summed E-state index contributed by atoms with van der Waals surface area (Å²) >= 11 is 1.32. The molecule has 0 spiro atoms. The van der Waals surface area contributed by atoms with Gasteiger partial charge in [-0.3, -0.25) is 4.79 Å². The number of carbonyl (C=O) groups is 2. The Morgan fingerprint density at radius 2 is 2.05 bits per heavy atom. The maximum Gasteiger partial charge on any atom is 0.328 e. The van der Waals surface area contributed by atoms with E-state index in [1.54, 1.807) is 12.1 Å². The van der Waals surface area contributed by atoms with Crippen molar-refractivity contribution in [3.63, 3.8) is 0 Å². The first kappa shape index (κ1) is 15.7. The number of rotatable bonds is 4. The van der Waals surface area contributed by atoms with Gasteiger partial charge in [-0.1, -0.05) is 0 Å². The van der Waals surface area contributed by atoms with Crippen LogP contribution in [0.15, 0.2) is 18.2 Å². The maximum atomic E-state index is 12.5. The highest BCUT2D eigenvalue weighted by atomic mass is 32.1. The highest BCUT2D eigenvalue weighted by Gasteiger charge is 2.25. The molecule has 0 radical (unpaired) electrons. The van der Waals surface area contributed by atoms with Gasteiger partial charge < -0.3 is 14.9 Å². The maximum absolute atomic E-state index is 12.5. The van der Waals surface area contributed by atoms with Crippen LogP contribution in [0.25, 0.3) is 6.08 Å². The van der Waals surface area contributed by atoms with Gasteiger partial charge in [0.1, 0.15) is 0 Å². The molecule has 1 aromatic rings. The van der Waals surface area contributed by atoms with E-state index in [-0.39, 0.29) is 11.9 Å². The van der Waals surface area contributed by atoms with Gasteiger partial charge in [0, 0.05) is 24.0 Å². The Hall–Kier alpha value is -1.66. The van der Waals surface area contributed by atoms with Crippen LogP contribution in [0.2, 0.25) is 0 Å². The highest BCUT2D eigenvalue weighted by Crippen LogP contribution is 2.22. The van der Waals surface area contributed by atoms with E-state index in [1.807, 2.05) is 11.9 Å². The molecule has 5 nitrogen and oxygen atoms in total. The molecule has 2 heterocycles. The first-order valence-corrected chi connectivity index (χ1v) is 7.75. The molecule has 0 saturated carbocycles. The third-order valence-corrected chi connectivity index (χ3v) is 4.82. The highest BCUT2D eigenvalue weighted by molar-refractivity contribution is 7.14. The molecule has 0 bridgehead atoms. The number of hydrogen-bond acceptors (Lipinski definition) is 4. The lowest BCUT2D eigenvalue weighted by Gasteiger charge is -2.34. The molecule has 2 rings (SSSR count). The number of carbonyl (C=O) groups excluding carboxylic acids is 1. The van der Waals surface area contributed by atoms with Crippen LogP contribution in [-0.4, -0.2) is 60.0 Å². The summed E-state index contributed by atoms with van der Waals surface area (Å²) < 4.78 is 0. The second kappa shape index (κ2) is 6.87. The van der Waals surface area contributed by atoms with Crippen molar-refractivity contribution in [2.45, 2.75) is 18.9 Å². The Kier molecular flexibility index (Phi) is 5.14. The third kappa shape index (κ3) is 4.15. The van der Waals surface area contributed by atoms with Gasteiger partial charge >= 0.3 is 5.97 Å². The molecular formula is C15H20N2O3S. The van der Waals surface area contributed by atoms with E-state index in [0.29, 0.717) is 4.88 Å². The van der Waals surface area contributed by atoms with E-state index in [4.69, 9.17) is 5.11 Å². The lowest BCUT2D eigenvalue weighted by molar-refractivity contribution is -0.131. The van der Waals surface area contributed by atoms with E-state index in [0.717, 1.165) is 36.9 Å². The minimum absolute atomic E-state index is 0.0181. The first-order valence-electron chi connectivity index (χ1n) is 6.94. The Balaban J connectivity index is 2.01. The zero-order valence-electron chi connectivity index (χ0n) is 12.3. The molecule has 1 fully saturated rings. The van der Waals surface area contributed by atoms with Crippen molar-refractivity contribution in [1.29, 1.82) is 0 Å². The average Bonchev–Trinajstić information content (AvgIpc) is 2.93. The Morgan fingerprint density at radius 3 is 2.67 bits per heavy atom. The fourth-order valence-electron chi connectivity index (χ4n) is 2.43. The number of thiophene rings is 1. The van der Waals surface area contributed by atoms with Crippen molar-refractivity contribution in [3.8, 4) is 0 Å². The van der Waals surface area contributed by atoms with Gasteiger partial charge in [0.15, 0.2) is 0 Å². The van der Waals surface area contributed by atoms with Gasteiger partial charge in [-0.15, -0.1) is 11.3 Å². The van der Waals surface area contributed by atoms with Crippen molar-refractivity contribution >= 4 is 29.3 Å². The molecule has 21 heavy (non-hydrogen) atoms. The normalized spacial score (nSPS) is 17.2. The molecule has 1 aliphatic rings. The Morgan fingerprint density at radius 1 is 1.38 bits per heavy atom. The zero-order valence-corrected chi connectivity index (χ0v) is 13.1. The molecule has 1 amide bonds. The van der Waals surface area contributed by atoms with Gasteiger partial charge in [-0.05, 0) is 51.2 Å². The standard InChI is InChI=1S/C15H20N2O3S/c1-16-9-7-11(8-10-16)17(2)15(20)13-5-3-12(21-13)4-6-14(18)19/h3-6,11H,7-10H2,1-2H3,(H,18,19). The summed E-state index contributed by atoms with van der Waals surface area (Å²) in [6.45, 7) is 2.03. The number of carboxylic acids is 1. The number of piperidine rings is 1. The quantitative estimate of drug-likeness (QED) is 0.864. The summed E-state index contributed by atoms with van der Waals surface area (Å²) in [4.78, 5) is 28.5. The molecule has 6 heteroatoms. The van der Waals surface area contributed by atoms with E-state index in [2.05, 4.69) is 11.9 Å². The van der Waals surface area contributed by atoms with Crippen molar-refractivity contribution < 1.29 is 14.7 Å². The molecule has 0 atom stereocenters. The SMILES string of the molecule is CN1CCC(N(C)C(=O)c2ccc(C=CC(=O)O)s2)CC1. The molecular weight excluding hydrogens is 288 g/mol. The number of amides is 1. The summed E-state index contributed by atoms with van der Waals surface area (Å²) in [5, 5.41) is 8.61. The molecule has 114 valence electrons. The van der Waals surface area contributed by atoms with E-state index in [1.165, 1.54) is 17.4 Å². The van der Waals surface area contributed by atoms with Gasteiger partial charge in [0.25, 0.3) is 5.91 Å². The Labute approximate surface area is 128 Å². The number of aliphatic carboxylic acids is 1. The number of nitrogens with zero attached hydrogens (tertiary/aromatic N) is 2. The van der Waals surface area contributed by atoms with Crippen LogP contribution in [0.4, 0.5) is 0 Å². The second-order valence-electron chi connectivity index (χ2n) is 5.32. The molecule has 0 aliphatic carbocycles. The fraction of sp³-hybridized carbons (Fsp3) is 0.467. The topological polar surface area (TPSA) is 60.9 Å². The molecule has 1 N–H and O–H groups in total. The molecule has 1 aromatic heterocycles. The fourth-order valence-corrected chi connectivity index (χ4v) is 3.33. The van der Waals surface area contributed by atoms with Crippen LogP contribution in [0.1, 0.15) is 27.4 Å². The lowest BCUT2D eigenvalue weighted by atomic mass is 10.0. The smallest absolute Gasteiger partial charge is 0.328 e. The van der Waals surface area contributed by atoms with E-state index in [9.17, 15) is 9.59 Å². The van der Waals surface area contributed by atoms with Gasteiger partial charge in [-0.2, -0.15) is 0 Å². The summed E-state index contributed by atoms with van der Waals surface area (Å²) in [5.41, 5.74) is 0. The van der Waals surface area contributed by atoms with Crippen LogP contribution in [0.5, 0.6) is 0 Å². The van der Waals surface area contributed by atoms with Gasteiger partial charge in [0.05, 0.1) is 4.88 Å². The predicted octanol–water partition coefficient (Wildman–Crippen LogP) is 2.01. The minimum atomic E-state index is -0.986. The van der Waals surface area contributed by atoms with Crippen LogP contribution < -0.4 is 0 Å². The van der Waals surface area contributed by atoms with Crippen molar-refractivity contribution in [2.24, 2.45) is 0 Å². The van der Waals surface area contributed by atoms with Gasteiger partial charge in [-0.25, -0.2) is 4.79 Å². The average molecular weight is 308 g/mol. The largest absolute Gasteiger partial charge is 0.478 e. The predicted molar refractivity (Wildman–Crippen MR) is 83.6 cm³/mol. The second-order valence-corrected chi connectivity index (χ2v) is 6.44. The summed E-state index contributed by atoms with van der Waals surface area (Å²) in [6, 6.07) is 3.83. The van der Waals surface area contributed by atoms with Crippen LogP contribution >= 0.6 is 11.3 Å². The summed E-state index contributed by atoms with van der Waals surface area (Å²) in [7, 11) is 3.95. The minimum Gasteiger partial charge on any atom is -0.478 e. The number of carboxylic acid groups (broad SMARTS) is 1. The molecule has 0 aromatic carbocycles. The monoisotopic (exact) mass is 308 g/mol. The van der Waals surface area contributed by atoms with Crippen molar-refractivity contribution in [2.75, 3.05) is 27.2 Å². The van der Waals surface area contributed by atoms with Crippen molar-refractivity contribution in [1.82, 2.24) is 9.80 Å². The van der Waals surface area contributed by atoms with Crippen LogP contribution in [0, 0.1) is 0 Å². The van der Waals surface area contributed by atoms with E-state index >= 15 is 0 Å². The summed E-state index contributed by atoms with van der Waals surface area (Å²) in [5.74, 6) is -0.968.